The van der Waals surface area contributed by atoms with Crippen molar-refractivity contribution in [3.63, 3.8) is 0 Å². The summed E-state index contributed by atoms with van der Waals surface area (Å²) in [5.74, 6) is -0.538. The number of nitrogens with one attached hydrogen (secondary N) is 2. The first-order valence-corrected chi connectivity index (χ1v) is 8.32. The fourth-order valence-corrected chi connectivity index (χ4v) is 2.77. The van der Waals surface area contributed by atoms with Crippen LogP contribution in [0.3, 0.4) is 0 Å². The number of carbonyl (C=O) groups is 2. The number of aromatic nitrogens is 2. The quantitative estimate of drug-likeness (QED) is 0.736. The molecule has 0 atom stereocenters. The summed E-state index contributed by atoms with van der Waals surface area (Å²) in [5.41, 5.74) is 0.961. The molecule has 0 aliphatic carbocycles. The van der Waals surface area contributed by atoms with Gasteiger partial charge in [0.1, 0.15) is 11.6 Å². The highest BCUT2D eigenvalue weighted by Gasteiger charge is 2.15. The maximum atomic E-state index is 12.9. The molecule has 2 amide bonds. The van der Waals surface area contributed by atoms with Crippen LogP contribution in [0.4, 0.5) is 10.2 Å². The number of nitrogens with zero attached hydrogens (tertiary/aromatic N) is 2. The zero-order valence-electron chi connectivity index (χ0n) is 13.3. The molecule has 2 aromatic heterocycles. The number of benzene rings is 1. The second-order valence-electron chi connectivity index (χ2n) is 5.28. The number of hydrogen-bond donors (Lipinski definition) is 2. The van der Waals surface area contributed by atoms with Crippen LogP contribution in [0.1, 0.15) is 25.7 Å². The standard InChI is InChI=1S/C17H15FN4O2S/c1-22-15(20-17(24)14-3-2-8-25-14)9-13(21-22)16(23)19-10-11-4-6-12(18)7-5-11/h2-9H,10H2,1H3,(H,19,23)(H,20,24). The van der Waals surface area contributed by atoms with E-state index < -0.39 is 0 Å². The van der Waals surface area contributed by atoms with Gasteiger partial charge in [-0.25, -0.2) is 4.39 Å². The van der Waals surface area contributed by atoms with Gasteiger partial charge >= 0.3 is 0 Å². The smallest absolute Gasteiger partial charge is 0.272 e. The highest BCUT2D eigenvalue weighted by molar-refractivity contribution is 7.12. The maximum absolute atomic E-state index is 12.9. The van der Waals surface area contributed by atoms with Gasteiger partial charge in [0.2, 0.25) is 0 Å². The molecule has 0 fully saturated rings. The monoisotopic (exact) mass is 358 g/mol. The van der Waals surface area contributed by atoms with Crippen LogP contribution in [0.5, 0.6) is 0 Å². The predicted molar refractivity (Wildman–Crippen MR) is 93.1 cm³/mol. The van der Waals surface area contributed by atoms with Crippen molar-refractivity contribution in [2.45, 2.75) is 6.54 Å². The third-order valence-electron chi connectivity index (χ3n) is 3.47. The number of aryl methyl sites for hydroxylation is 1. The summed E-state index contributed by atoms with van der Waals surface area (Å²) in [7, 11) is 1.64. The molecule has 8 heteroatoms. The molecule has 0 saturated carbocycles. The Morgan fingerprint density at radius 3 is 2.64 bits per heavy atom. The number of halogens is 1. The Bertz CT molecular complexity index is 888. The van der Waals surface area contributed by atoms with Crippen molar-refractivity contribution in [1.29, 1.82) is 0 Å². The highest BCUT2D eigenvalue weighted by atomic mass is 32.1. The van der Waals surface area contributed by atoms with Crippen LogP contribution in [0.25, 0.3) is 0 Å². The van der Waals surface area contributed by atoms with E-state index in [1.54, 1.807) is 31.3 Å². The first kappa shape index (κ1) is 16.8. The summed E-state index contributed by atoms with van der Waals surface area (Å²) in [5, 5.41) is 11.3. The molecule has 3 aromatic rings. The lowest BCUT2D eigenvalue weighted by Crippen LogP contribution is -2.23. The van der Waals surface area contributed by atoms with Gasteiger partial charge in [0.25, 0.3) is 11.8 Å². The molecular weight excluding hydrogens is 343 g/mol. The Morgan fingerprint density at radius 1 is 1.20 bits per heavy atom. The molecule has 6 nitrogen and oxygen atoms in total. The fourth-order valence-electron chi connectivity index (χ4n) is 2.16. The van der Waals surface area contributed by atoms with E-state index in [2.05, 4.69) is 15.7 Å². The van der Waals surface area contributed by atoms with Gasteiger partial charge in [0, 0.05) is 19.7 Å². The van der Waals surface area contributed by atoms with E-state index in [0.29, 0.717) is 10.7 Å². The number of rotatable bonds is 5. The van der Waals surface area contributed by atoms with Crippen molar-refractivity contribution < 1.29 is 14.0 Å². The van der Waals surface area contributed by atoms with E-state index in [0.717, 1.165) is 5.56 Å². The zero-order valence-corrected chi connectivity index (χ0v) is 14.1. The summed E-state index contributed by atoms with van der Waals surface area (Å²) in [6.45, 7) is 0.257. The van der Waals surface area contributed by atoms with E-state index in [9.17, 15) is 14.0 Å². The molecule has 0 unspecified atom stereocenters. The zero-order chi connectivity index (χ0) is 17.8. The van der Waals surface area contributed by atoms with Crippen LogP contribution in [-0.4, -0.2) is 21.6 Å². The summed E-state index contributed by atoms with van der Waals surface area (Å²) in [6.07, 6.45) is 0. The Morgan fingerprint density at radius 2 is 1.96 bits per heavy atom. The van der Waals surface area contributed by atoms with Crippen LogP contribution < -0.4 is 10.6 Å². The number of carbonyl (C=O) groups excluding carboxylic acids is 2. The molecule has 3 rings (SSSR count). The second-order valence-corrected chi connectivity index (χ2v) is 6.23. The van der Waals surface area contributed by atoms with Gasteiger partial charge in [0.15, 0.2) is 5.69 Å². The molecule has 128 valence electrons. The molecule has 1 aromatic carbocycles. The minimum absolute atomic E-state index is 0.186. The lowest BCUT2D eigenvalue weighted by molar-refractivity contribution is 0.0944. The molecule has 0 saturated heterocycles. The Labute approximate surface area is 147 Å². The summed E-state index contributed by atoms with van der Waals surface area (Å²) < 4.78 is 14.3. The summed E-state index contributed by atoms with van der Waals surface area (Å²) in [4.78, 5) is 24.8. The summed E-state index contributed by atoms with van der Waals surface area (Å²) in [6, 6.07) is 10.9. The molecule has 0 bridgehead atoms. The van der Waals surface area contributed by atoms with E-state index in [1.807, 2.05) is 5.38 Å². The van der Waals surface area contributed by atoms with E-state index in [1.165, 1.54) is 34.2 Å². The van der Waals surface area contributed by atoms with Crippen molar-refractivity contribution in [3.05, 3.63) is 69.8 Å². The normalized spacial score (nSPS) is 10.5. The molecule has 2 N–H and O–H groups in total. The third kappa shape index (κ3) is 4.10. The van der Waals surface area contributed by atoms with Gasteiger partial charge in [0.05, 0.1) is 4.88 Å². The third-order valence-corrected chi connectivity index (χ3v) is 4.33. The van der Waals surface area contributed by atoms with Crippen LogP contribution in [0.15, 0.2) is 47.8 Å². The number of anilines is 1. The van der Waals surface area contributed by atoms with Crippen LogP contribution in [0.2, 0.25) is 0 Å². The minimum Gasteiger partial charge on any atom is -0.347 e. The topological polar surface area (TPSA) is 76.0 Å². The van der Waals surface area contributed by atoms with Gasteiger partial charge < -0.3 is 10.6 Å². The Kier molecular flexibility index (Phi) is 4.90. The summed E-state index contributed by atoms with van der Waals surface area (Å²) >= 11 is 1.33. The molecule has 0 spiro atoms. The molecule has 25 heavy (non-hydrogen) atoms. The molecule has 0 aliphatic rings. The number of amides is 2. The first-order valence-electron chi connectivity index (χ1n) is 7.44. The number of thiophene rings is 1. The van der Waals surface area contributed by atoms with Crippen molar-refractivity contribution in [2.75, 3.05) is 5.32 Å². The van der Waals surface area contributed by atoms with Crippen LogP contribution >= 0.6 is 11.3 Å². The number of hydrogen-bond acceptors (Lipinski definition) is 4. The lowest BCUT2D eigenvalue weighted by Gasteiger charge is -2.03. The average Bonchev–Trinajstić information content (AvgIpc) is 3.25. The Balaban J connectivity index is 1.63. The van der Waals surface area contributed by atoms with E-state index in [4.69, 9.17) is 0 Å². The first-order chi connectivity index (χ1) is 12.0. The van der Waals surface area contributed by atoms with Crippen molar-refractivity contribution in [3.8, 4) is 0 Å². The van der Waals surface area contributed by atoms with Gasteiger partial charge in [-0.15, -0.1) is 11.3 Å². The van der Waals surface area contributed by atoms with Gasteiger partial charge in [-0.3, -0.25) is 14.3 Å². The van der Waals surface area contributed by atoms with Crippen LogP contribution in [-0.2, 0) is 13.6 Å². The second kappa shape index (κ2) is 7.27. The van der Waals surface area contributed by atoms with Gasteiger partial charge in [-0.2, -0.15) is 5.10 Å². The average molecular weight is 358 g/mol. The highest BCUT2D eigenvalue weighted by Crippen LogP contribution is 2.14. The molecular formula is C17H15FN4O2S. The van der Waals surface area contributed by atoms with Gasteiger partial charge in [-0.05, 0) is 29.1 Å². The van der Waals surface area contributed by atoms with E-state index >= 15 is 0 Å². The molecule has 0 radical (unpaired) electrons. The van der Waals surface area contributed by atoms with Crippen molar-refractivity contribution in [2.24, 2.45) is 7.05 Å². The molecule has 0 aliphatic heterocycles. The van der Waals surface area contributed by atoms with Gasteiger partial charge in [-0.1, -0.05) is 18.2 Å². The van der Waals surface area contributed by atoms with Crippen LogP contribution in [0, 0.1) is 5.82 Å². The largest absolute Gasteiger partial charge is 0.347 e. The van der Waals surface area contributed by atoms with E-state index in [-0.39, 0.29) is 29.9 Å². The Hall–Kier alpha value is -3.00. The molecule has 2 heterocycles. The lowest BCUT2D eigenvalue weighted by atomic mass is 10.2. The van der Waals surface area contributed by atoms with Crippen molar-refractivity contribution >= 4 is 29.0 Å². The minimum atomic E-state index is -0.378. The SMILES string of the molecule is Cn1nc(C(=O)NCc2ccc(F)cc2)cc1NC(=O)c1cccs1. The maximum Gasteiger partial charge on any atom is 0.272 e. The van der Waals surface area contributed by atoms with Crippen molar-refractivity contribution in [1.82, 2.24) is 15.1 Å². The fraction of sp³-hybridized carbons (Fsp3) is 0.118. The predicted octanol–water partition coefficient (Wildman–Crippen LogP) is 2.80.